The SMILES string of the molecule is CCCC(NC(=O)Cc1coc2cc(OC)ccc12)C(=O)N1CCc2sccc2C1. The summed E-state index contributed by atoms with van der Waals surface area (Å²) >= 11 is 1.75. The van der Waals surface area contributed by atoms with E-state index < -0.39 is 6.04 Å². The molecule has 7 heteroatoms. The second-order valence-electron chi connectivity index (χ2n) is 7.59. The number of furan rings is 1. The van der Waals surface area contributed by atoms with Crippen molar-refractivity contribution >= 4 is 34.1 Å². The van der Waals surface area contributed by atoms with Crippen molar-refractivity contribution in [3.05, 3.63) is 51.9 Å². The number of nitrogens with zero attached hydrogens (tertiary/aromatic N) is 1. The molecule has 0 radical (unpaired) electrons. The first-order chi connectivity index (χ1) is 14.6. The van der Waals surface area contributed by atoms with E-state index in [0.717, 1.165) is 23.8 Å². The van der Waals surface area contributed by atoms with E-state index in [1.807, 2.05) is 24.0 Å². The van der Waals surface area contributed by atoms with Crippen LogP contribution in [-0.2, 0) is 29.0 Å². The standard InChI is InChI=1S/C23H26N2O4S/c1-3-4-19(23(27)25-9-7-21-15(13-25)8-10-30-21)24-22(26)11-16-14-29-20-12-17(28-2)5-6-18(16)20/h5-6,8,10,12,14,19H,3-4,7,9,11,13H2,1-2H3,(H,24,26). The van der Waals surface area contributed by atoms with Crippen molar-refractivity contribution in [1.29, 1.82) is 0 Å². The average Bonchev–Trinajstić information content (AvgIpc) is 3.38. The Labute approximate surface area is 179 Å². The summed E-state index contributed by atoms with van der Waals surface area (Å²) in [5.74, 6) is 0.536. The number of nitrogens with one attached hydrogen (secondary N) is 1. The van der Waals surface area contributed by atoms with Gasteiger partial charge in [-0.25, -0.2) is 0 Å². The summed E-state index contributed by atoms with van der Waals surface area (Å²) in [6.07, 6.45) is 4.10. The van der Waals surface area contributed by atoms with Crippen LogP contribution in [-0.4, -0.2) is 36.4 Å². The van der Waals surface area contributed by atoms with Crippen LogP contribution < -0.4 is 10.1 Å². The Morgan fingerprint density at radius 2 is 2.20 bits per heavy atom. The van der Waals surface area contributed by atoms with Crippen LogP contribution in [0.2, 0.25) is 0 Å². The van der Waals surface area contributed by atoms with Crippen LogP contribution in [0.4, 0.5) is 0 Å². The van der Waals surface area contributed by atoms with Crippen molar-refractivity contribution < 1.29 is 18.7 Å². The molecule has 0 fully saturated rings. The fourth-order valence-electron chi connectivity index (χ4n) is 3.95. The minimum Gasteiger partial charge on any atom is -0.497 e. The topological polar surface area (TPSA) is 71.8 Å². The Hall–Kier alpha value is -2.80. The van der Waals surface area contributed by atoms with Gasteiger partial charge in [-0.1, -0.05) is 13.3 Å². The molecule has 4 rings (SSSR count). The Kier molecular flexibility index (Phi) is 6.08. The monoisotopic (exact) mass is 426 g/mol. The van der Waals surface area contributed by atoms with Crippen molar-refractivity contribution in [2.45, 2.75) is 45.2 Å². The fourth-order valence-corrected chi connectivity index (χ4v) is 4.84. The third-order valence-electron chi connectivity index (χ3n) is 5.54. The highest BCUT2D eigenvalue weighted by Gasteiger charge is 2.28. The molecule has 1 aliphatic heterocycles. The zero-order chi connectivity index (χ0) is 21.1. The number of methoxy groups -OCH3 is 1. The third-order valence-corrected chi connectivity index (χ3v) is 6.57. The van der Waals surface area contributed by atoms with Gasteiger partial charge in [0.15, 0.2) is 0 Å². The summed E-state index contributed by atoms with van der Waals surface area (Å²) < 4.78 is 10.8. The predicted octanol–water partition coefficient (Wildman–Crippen LogP) is 3.92. The Bertz CT molecular complexity index is 1050. The molecule has 158 valence electrons. The lowest BCUT2D eigenvalue weighted by Gasteiger charge is -2.31. The number of ether oxygens (including phenoxy) is 1. The number of carbonyl (C=O) groups excluding carboxylic acids is 2. The first-order valence-electron chi connectivity index (χ1n) is 10.3. The van der Waals surface area contributed by atoms with E-state index in [-0.39, 0.29) is 18.2 Å². The van der Waals surface area contributed by atoms with Crippen molar-refractivity contribution in [2.24, 2.45) is 0 Å². The van der Waals surface area contributed by atoms with E-state index >= 15 is 0 Å². The summed E-state index contributed by atoms with van der Waals surface area (Å²) in [4.78, 5) is 29.1. The van der Waals surface area contributed by atoms with Crippen LogP contribution in [0.15, 0.2) is 40.3 Å². The van der Waals surface area contributed by atoms with Gasteiger partial charge in [0.05, 0.1) is 19.8 Å². The Morgan fingerprint density at radius 1 is 1.33 bits per heavy atom. The van der Waals surface area contributed by atoms with Crippen LogP contribution in [0.5, 0.6) is 5.75 Å². The van der Waals surface area contributed by atoms with Gasteiger partial charge < -0.3 is 19.4 Å². The number of rotatable bonds is 7. The highest BCUT2D eigenvalue weighted by Crippen LogP contribution is 2.26. The summed E-state index contributed by atoms with van der Waals surface area (Å²) in [6, 6.07) is 7.13. The Morgan fingerprint density at radius 3 is 3.00 bits per heavy atom. The average molecular weight is 427 g/mol. The highest BCUT2D eigenvalue weighted by atomic mass is 32.1. The second-order valence-corrected chi connectivity index (χ2v) is 8.59. The minimum atomic E-state index is -0.499. The molecule has 0 aliphatic carbocycles. The molecule has 0 saturated carbocycles. The predicted molar refractivity (Wildman–Crippen MR) is 117 cm³/mol. The normalized spacial score (nSPS) is 14.4. The molecule has 0 bridgehead atoms. The molecule has 6 nitrogen and oxygen atoms in total. The van der Waals surface area contributed by atoms with Crippen molar-refractivity contribution in [1.82, 2.24) is 10.2 Å². The Balaban J connectivity index is 1.43. The molecule has 0 spiro atoms. The maximum absolute atomic E-state index is 13.1. The van der Waals surface area contributed by atoms with Crippen LogP contribution in [0.25, 0.3) is 11.0 Å². The van der Waals surface area contributed by atoms with Crippen molar-refractivity contribution in [2.75, 3.05) is 13.7 Å². The van der Waals surface area contributed by atoms with Crippen molar-refractivity contribution in [3.63, 3.8) is 0 Å². The van der Waals surface area contributed by atoms with Crippen LogP contribution in [0.1, 0.15) is 35.8 Å². The summed E-state index contributed by atoms with van der Waals surface area (Å²) in [7, 11) is 1.60. The number of hydrogen-bond donors (Lipinski definition) is 1. The lowest BCUT2D eigenvalue weighted by atomic mass is 10.1. The maximum atomic E-state index is 13.1. The van der Waals surface area contributed by atoms with Gasteiger partial charge in [-0.05, 0) is 42.0 Å². The number of carbonyl (C=O) groups is 2. The summed E-state index contributed by atoms with van der Waals surface area (Å²) in [5, 5.41) is 5.92. The van der Waals surface area contributed by atoms with E-state index in [9.17, 15) is 9.59 Å². The number of hydrogen-bond acceptors (Lipinski definition) is 5. The van der Waals surface area contributed by atoms with Gasteiger partial charge in [-0.2, -0.15) is 0 Å². The number of amides is 2. The molecule has 1 aromatic carbocycles. The second kappa shape index (κ2) is 8.92. The first kappa shape index (κ1) is 20.5. The molecule has 3 heterocycles. The van der Waals surface area contributed by atoms with Gasteiger partial charge >= 0.3 is 0 Å². The highest BCUT2D eigenvalue weighted by molar-refractivity contribution is 7.10. The molecule has 1 unspecified atom stereocenters. The van der Waals surface area contributed by atoms with Gasteiger partial charge in [0.1, 0.15) is 17.4 Å². The van der Waals surface area contributed by atoms with Crippen LogP contribution in [0.3, 0.4) is 0 Å². The van der Waals surface area contributed by atoms with Crippen molar-refractivity contribution in [3.8, 4) is 5.75 Å². The zero-order valence-electron chi connectivity index (χ0n) is 17.3. The number of fused-ring (bicyclic) bond motifs is 2. The number of thiophene rings is 1. The molecule has 2 amide bonds. The summed E-state index contributed by atoms with van der Waals surface area (Å²) in [5.41, 5.74) is 2.70. The van der Waals surface area contributed by atoms with E-state index in [2.05, 4.69) is 16.8 Å². The lowest BCUT2D eigenvalue weighted by molar-refractivity contribution is -0.137. The first-order valence-corrected chi connectivity index (χ1v) is 11.1. The van der Waals surface area contributed by atoms with Crippen LogP contribution >= 0.6 is 11.3 Å². The lowest BCUT2D eigenvalue weighted by Crippen LogP contribution is -2.50. The quantitative estimate of drug-likeness (QED) is 0.622. The molecule has 3 aromatic rings. The van der Waals surface area contributed by atoms with E-state index in [0.29, 0.717) is 30.8 Å². The van der Waals surface area contributed by atoms with Gasteiger partial charge in [0, 0.05) is 35.0 Å². The van der Waals surface area contributed by atoms with Gasteiger partial charge in [0.25, 0.3) is 0 Å². The van der Waals surface area contributed by atoms with Crippen LogP contribution in [0, 0.1) is 0 Å². The minimum absolute atomic E-state index is 0.00355. The molecular weight excluding hydrogens is 400 g/mol. The largest absolute Gasteiger partial charge is 0.497 e. The number of benzene rings is 1. The molecule has 1 aliphatic rings. The zero-order valence-corrected chi connectivity index (χ0v) is 18.1. The van der Waals surface area contributed by atoms with Gasteiger partial charge in [-0.15, -0.1) is 11.3 Å². The molecular formula is C23H26N2O4S. The maximum Gasteiger partial charge on any atom is 0.245 e. The van der Waals surface area contributed by atoms with E-state index in [4.69, 9.17) is 9.15 Å². The molecule has 2 aromatic heterocycles. The van der Waals surface area contributed by atoms with Gasteiger partial charge in [0.2, 0.25) is 11.8 Å². The smallest absolute Gasteiger partial charge is 0.245 e. The fraction of sp³-hybridized carbons (Fsp3) is 0.391. The summed E-state index contributed by atoms with van der Waals surface area (Å²) in [6.45, 7) is 3.36. The molecule has 0 saturated heterocycles. The molecule has 1 atom stereocenters. The van der Waals surface area contributed by atoms with E-state index in [1.165, 1.54) is 10.4 Å². The molecule has 1 N–H and O–H groups in total. The molecule has 30 heavy (non-hydrogen) atoms. The van der Waals surface area contributed by atoms with Gasteiger partial charge in [-0.3, -0.25) is 9.59 Å². The third kappa shape index (κ3) is 4.21. The van der Waals surface area contributed by atoms with E-state index in [1.54, 1.807) is 30.8 Å².